The Morgan fingerprint density at radius 2 is 1.72 bits per heavy atom. The molecule has 0 aromatic heterocycles. The van der Waals surface area contributed by atoms with E-state index in [1.165, 1.54) is 12.1 Å². The van der Waals surface area contributed by atoms with Crippen LogP contribution in [0.3, 0.4) is 0 Å². The van der Waals surface area contributed by atoms with Crippen LogP contribution in [-0.4, -0.2) is 29.6 Å². The molecular formula is C23H30FN3O2. The number of hydrogen-bond acceptors (Lipinski definition) is 3. The highest BCUT2D eigenvalue weighted by atomic mass is 19.1. The lowest BCUT2D eigenvalue weighted by atomic mass is 9.81. The Hall–Kier alpha value is -2.60. The van der Waals surface area contributed by atoms with E-state index in [0.29, 0.717) is 13.1 Å². The summed E-state index contributed by atoms with van der Waals surface area (Å²) in [6.45, 7) is 2.95. The number of rotatable bonds is 6. The number of benzene rings is 2. The molecule has 1 aliphatic rings. The first-order valence-electron chi connectivity index (χ1n) is 10.1. The highest BCUT2D eigenvalue weighted by Crippen LogP contribution is 2.30. The smallest absolute Gasteiger partial charge is 0.318 e. The Morgan fingerprint density at radius 1 is 1.14 bits per heavy atom. The molecule has 3 rings (SSSR count). The van der Waals surface area contributed by atoms with Gasteiger partial charge in [-0.3, -0.25) is 0 Å². The van der Waals surface area contributed by atoms with Gasteiger partial charge in [0, 0.05) is 24.7 Å². The van der Waals surface area contributed by atoms with Gasteiger partial charge in [-0.15, -0.1) is 0 Å². The van der Waals surface area contributed by atoms with Crippen molar-refractivity contribution in [3.05, 3.63) is 65.5 Å². The van der Waals surface area contributed by atoms with Crippen molar-refractivity contribution in [2.24, 2.45) is 5.73 Å². The van der Waals surface area contributed by atoms with Crippen molar-refractivity contribution in [2.45, 2.75) is 57.3 Å². The number of nitrogens with two attached hydrogens (primary N) is 1. The van der Waals surface area contributed by atoms with Crippen molar-refractivity contribution in [1.82, 2.24) is 10.2 Å². The molecule has 6 heteroatoms. The molecule has 29 heavy (non-hydrogen) atoms. The summed E-state index contributed by atoms with van der Waals surface area (Å²) in [5, 5.41) is 3.03. The molecule has 1 fully saturated rings. The van der Waals surface area contributed by atoms with Crippen LogP contribution in [0.25, 0.3) is 0 Å². The van der Waals surface area contributed by atoms with E-state index >= 15 is 0 Å². The Bertz CT molecular complexity index is 796. The molecule has 1 saturated carbocycles. The van der Waals surface area contributed by atoms with Crippen LogP contribution in [0.15, 0.2) is 48.5 Å². The van der Waals surface area contributed by atoms with E-state index < -0.39 is 0 Å². The van der Waals surface area contributed by atoms with E-state index in [2.05, 4.69) is 12.2 Å². The van der Waals surface area contributed by atoms with Gasteiger partial charge < -0.3 is 20.7 Å². The number of methoxy groups -OCH3 is 1. The van der Waals surface area contributed by atoms with Crippen molar-refractivity contribution < 1.29 is 13.9 Å². The third-order valence-electron chi connectivity index (χ3n) is 5.67. The van der Waals surface area contributed by atoms with Crippen LogP contribution in [0.2, 0.25) is 0 Å². The zero-order chi connectivity index (χ0) is 20.9. The summed E-state index contributed by atoms with van der Waals surface area (Å²) >= 11 is 0. The summed E-state index contributed by atoms with van der Waals surface area (Å²) in [5.41, 5.74) is 8.01. The van der Waals surface area contributed by atoms with Gasteiger partial charge in [0.1, 0.15) is 11.6 Å². The zero-order valence-electron chi connectivity index (χ0n) is 17.2. The monoisotopic (exact) mass is 399 g/mol. The standard InChI is InChI=1S/C23H30FN3O2/c1-23(25)13-11-20(12-14-23)27(16-18-3-7-19(24)8-4-18)22(28)26-15-17-5-9-21(29-2)10-6-17/h3-10,20H,11-16,25H2,1-2H3,(H,26,28). The quantitative estimate of drug-likeness (QED) is 0.765. The van der Waals surface area contributed by atoms with Crippen molar-refractivity contribution >= 4 is 6.03 Å². The van der Waals surface area contributed by atoms with Crippen molar-refractivity contribution in [3.8, 4) is 5.75 Å². The molecule has 156 valence electrons. The molecule has 2 amide bonds. The number of nitrogens with one attached hydrogen (secondary N) is 1. The number of carbonyl (C=O) groups is 1. The number of nitrogens with zero attached hydrogens (tertiary/aromatic N) is 1. The average molecular weight is 400 g/mol. The van der Waals surface area contributed by atoms with Gasteiger partial charge >= 0.3 is 6.03 Å². The number of hydrogen-bond donors (Lipinski definition) is 2. The maximum Gasteiger partial charge on any atom is 0.318 e. The lowest BCUT2D eigenvalue weighted by Crippen LogP contribution is -2.50. The molecule has 0 unspecified atom stereocenters. The minimum absolute atomic E-state index is 0.115. The SMILES string of the molecule is COc1ccc(CNC(=O)N(Cc2ccc(F)cc2)C2CCC(C)(N)CC2)cc1. The number of halogens is 1. The number of carbonyl (C=O) groups excluding carboxylic acids is 1. The molecule has 0 heterocycles. The molecule has 0 saturated heterocycles. The van der Waals surface area contributed by atoms with Gasteiger partial charge in [0.15, 0.2) is 0 Å². The van der Waals surface area contributed by atoms with E-state index in [4.69, 9.17) is 10.5 Å². The van der Waals surface area contributed by atoms with Crippen LogP contribution in [0.5, 0.6) is 5.75 Å². The Labute approximate surface area is 172 Å². The molecule has 5 nitrogen and oxygen atoms in total. The second-order valence-corrected chi connectivity index (χ2v) is 8.15. The third kappa shape index (κ3) is 5.94. The summed E-state index contributed by atoms with van der Waals surface area (Å²) in [6.07, 6.45) is 3.49. The van der Waals surface area contributed by atoms with Gasteiger partial charge in [-0.2, -0.15) is 0 Å². The van der Waals surface area contributed by atoms with Gasteiger partial charge in [0.05, 0.1) is 7.11 Å². The molecule has 0 atom stereocenters. The molecule has 3 N–H and O–H groups in total. The molecule has 0 aliphatic heterocycles. The predicted octanol–water partition coefficient (Wildman–Crippen LogP) is 4.21. The van der Waals surface area contributed by atoms with Gasteiger partial charge in [-0.1, -0.05) is 24.3 Å². The first kappa shape index (κ1) is 21.1. The van der Waals surface area contributed by atoms with Crippen LogP contribution in [0.4, 0.5) is 9.18 Å². The van der Waals surface area contributed by atoms with Crippen LogP contribution in [0.1, 0.15) is 43.7 Å². The minimum Gasteiger partial charge on any atom is -0.497 e. The second kappa shape index (κ2) is 9.27. The van der Waals surface area contributed by atoms with E-state index in [1.807, 2.05) is 29.2 Å². The predicted molar refractivity (Wildman–Crippen MR) is 112 cm³/mol. The summed E-state index contributed by atoms with van der Waals surface area (Å²) in [6, 6.07) is 13.9. The van der Waals surface area contributed by atoms with E-state index in [9.17, 15) is 9.18 Å². The van der Waals surface area contributed by atoms with E-state index in [1.54, 1.807) is 19.2 Å². The maximum absolute atomic E-state index is 13.3. The highest BCUT2D eigenvalue weighted by molar-refractivity contribution is 5.74. The largest absolute Gasteiger partial charge is 0.497 e. The van der Waals surface area contributed by atoms with Gasteiger partial charge in [-0.05, 0) is 68.0 Å². The van der Waals surface area contributed by atoms with Gasteiger partial charge in [-0.25, -0.2) is 9.18 Å². The first-order chi connectivity index (χ1) is 13.9. The zero-order valence-corrected chi connectivity index (χ0v) is 17.2. The molecule has 1 aliphatic carbocycles. The summed E-state index contributed by atoms with van der Waals surface area (Å²) in [7, 11) is 1.63. The van der Waals surface area contributed by atoms with Crippen molar-refractivity contribution in [3.63, 3.8) is 0 Å². The first-order valence-corrected chi connectivity index (χ1v) is 10.1. The second-order valence-electron chi connectivity index (χ2n) is 8.15. The fraction of sp³-hybridized carbons (Fsp3) is 0.435. The molecule has 2 aromatic carbocycles. The molecule has 0 bridgehead atoms. The lowest BCUT2D eigenvalue weighted by molar-refractivity contribution is 0.133. The van der Waals surface area contributed by atoms with Crippen LogP contribution in [-0.2, 0) is 13.1 Å². The van der Waals surface area contributed by atoms with E-state index in [0.717, 1.165) is 42.6 Å². The fourth-order valence-electron chi connectivity index (χ4n) is 3.75. The van der Waals surface area contributed by atoms with Gasteiger partial charge in [0.2, 0.25) is 0 Å². The highest BCUT2D eigenvalue weighted by Gasteiger charge is 2.32. The van der Waals surface area contributed by atoms with E-state index in [-0.39, 0.29) is 23.4 Å². The summed E-state index contributed by atoms with van der Waals surface area (Å²) in [4.78, 5) is 14.9. The fourth-order valence-corrected chi connectivity index (χ4v) is 3.75. The molecular weight excluding hydrogens is 369 g/mol. The number of ether oxygens (including phenoxy) is 1. The Balaban J connectivity index is 1.68. The Morgan fingerprint density at radius 3 is 2.31 bits per heavy atom. The average Bonchev–Trinajstić information content (AvgIpc) is 2.72. The third-order valence-corrected chi connectivity index (χ3v) is 5.67. The topological polar surface area (TPSA) is 67.6 Å². The normalized spacial score (nSPS) is 21.4. The number of amides is 2. The molecule has 0 spiro atoms. The van der Waals surface area contributed by atoms with Crippen LogP contribution >= 0.6 is 0 Å². The van der Waals surface area contributed by atoms with Gasteiger partial charge in [0.25, 0.3) is 0 Å². The summed E-state index contributed by atoms with van der Waals surface area (Å²) in [5.74, 6) is 0.505. The number of urea groups is 1. The maximum atomic E-state index is 13.3. The molecule has 0 radical (unpaired) electrons. The molecule has 2 aromatic rings. The summed E-state index contributed by atoms with van der Waals surface area (Å²) < 4.78 is 18.4. The van der Waals surface area contributed by atoms with Crippen LogP contribution in [0, 0.1) is 5.82 Å². The Kier molecular flexibility index (Phi) is 6.75. The lowest BCUT2D eigenvalue weighted by Gasteiger charge is -2.40. The minimum atomic E-state index is -0.277. The van der Waals surface area contributed by atoms with Crippen molar-refractivity contribution in [2.75, 3.05) is 7.11 Å². The van der Waals surface area contributed by atoms with Crippen LogP contribution < -0.4 is 15.8 Å². The van der Waals surface area contributed by atoms with Crippen molar-refractivity contribution in [1.29, 1.82) is 0 Å².